The van der Waals surface area contributed by atoms with Gasteiger partial charge in [-0.2, -0.15) is 0 Å². The normalized spacial score (nSPS) is 44.9. The molecule has 20 heavy (non-hydrogen) atoms. The lowest BCUT2D eigenvalue weighted by molar-refractivity contribution is -0.355. The average Bonchev–Trinajstić information content (AvgIpc) is 2.42. The summed E-state index contributed by atoms with van der Waals surface area (Å²) in [6.45, 7) is 9.11. The summed E-state index contributed by atoms with van der Waals surface area (Å²) in [5, 5.41) is 9.77. The van der Waals surface area contributed by atoms with E-state index < -0.39 is 0 Å². The van der Waals surface area contributed by atoms with Crippen molar-refractivity contribution in [1.82, 2.24) is 0 Å². The van der Waals surface area contributed by atoms with E-state index in [2.05, 4.69) is 27.7 Å². The summed E-state index contributed by atoms with van der Waals surface area (Å²) in [5.74, 6) is 3.51. The molecule has 0 aliphatic heterocycles. The van der Waals surface area contributed by atoms with Gasteiger partial charge in [0.2, 0.25) is 0 Å². The molecule has 2 heteroatoms. The SMILES string of the molecule is CCC(C)(C)C(OO)C1(CC)C2CC3CC(C2)CC1C3. The standard InChI is InChI=1S/C18H32O2/c1-5-17(3,4)16(20-19)18(6-2)14-8-12-7-13(10-14)11-15(18)9-12/h12-16,19H,5-11H2,1-4H3. The number of rotatable bonds is 5. The summed E-state index contributed by atoms with van der Waals surface area (Å²) >= 11 is 0. The Morgan fingerprint density at radius 3 is 1.90 bits per heavy atom. The minimum absolute atomic E-state index is 0.000000000000000666. The predicted octanol–water partition coefficient (Wildman–Crippen LogP) is 5.13. The molecule has 4 aliphatic carbocycles. The first-order chi connectivity index (χ1) is 9.47. The van der Waals surface area contributed by atoms with E-state index in [-0.39, 0.29) is 16.9 Å². The second-order valence-corrected chi connectivity index (χ2v) is 8.60. The molecular formula is C18H32O2. The van der Waals surface area contributed by atoms with E-state index >= 15 is 0 Å². The maximum atomic E-state index is 9.77. The van der Waals surface area contributed by atoms with Crippen LogP contribution in [0.2, 0.25) is 0 Å². The van der Waals surface area contributed by atoms with Gasteiger partial charge >= 0.3 is 0 Å². The number of hydrogen-bond donors (Lipinski definition) is 1. The first-order valence-corrected chi connectivity index (χ1v) is 8.78. The highest BCUT2D eigenvalue weighted by molar-refractivity contribution is 5.10. The largest absolute Gasteiger partial charge is 0.251 e. The Bertz CT molecular complexity index is 332. The summed E-state index contributed by atoms with van der Waals surface area (Å²) in [4.78, 5) is 5.23. The van der Waals surface area contributed by atoms with Gasteiger partial charge in [-0.15, -0.1) is 0 Å². The third-order valence-electron chi connectivity index (χ3n) is 7.49. The van der Waals surface area contributed by atoms with E-state index in [0.717, 1.165) is 36.5 Å². The first-order valence-electron chi connectivity index (χ1n) is 8.78. The average molecular weight is 280 g/mol. The van der Waals surface area contributed by atoms with Crippen LogP contribution in [0, 0.1) is 34.5 Å². The molecule has 4 fully saturated rings. The van der Waals surface area contributed by atoms with Crippen molar-refractivity contribution in [1.29, 1.82) is 0 Å². The fourth-order valence-electron chi connectivity index (χ4n) is 6.41. The van der Waals surface area contributed by atoms with Gasteiger partial charge < -0.3 is 0 Å². The van der Waals surface area contributed by atoms with Gasteiger partial charge in [-0.3, -0.25) is 5.26 Å². The van der Waals surface area contributed by atoms with Gasteiger partial charge in [-0.1, -0.05) is 27.7 Å². The molecule has 4 aliphatic rings. The molecule has 0 aromatic rings. The van der Waals surface area contributed by atoms with Crippen LogP contribution in [0.4, 0.5) is 0 Å². The van der Waals surface area contributed by atoms with Gasteiger partial charge in [0.25, 0.3) is 0 Å². The van der Waals surface area contributed by atoms with Crippen molar-refractivity contribution in [2.75, 3.05) is 0 Å². The molecular weight excluding hydrogens is 248 g/mol. The highest BCUT2D eigenvalue weighted by Gasteiger charge is 2.62. The van der Waals surface area contributed by atoms with Crippen LogP contribution < -0.4 is 0 Å². The van der Waals surface area contributed by atoms with Gasteiger partial charge in [0.05, 0.1) is 0 Å². The van der Waals surface area contributed by atoms with Crippen molar-refractivity contribution in [3.8, 4) is 0 Å². The summed E-state index contributed by atoms with van der Waals surface area (Å²) < 4.78 is 0. The molecule has 4 saturated carbocycles. The molecule has 4 bridgehead atoms. The minimum Gasteiger partial charge on any atom is -0.251 e. The van der Waals surface area contributed by atoms with Crippen LogP contribution in [0.1, 0.15) is 72.6 Å². The molecule has 1 N–H and O–H groups in total. The Hall–Kier alpha value is -0.0800. The van der Waals surface area contributed by atoms with Crippen LogP contribution in [-0.2, 0) is 4.89 Å². The van der Waals surface area contributed by atoms with Crippen molar-refractivity contribution in [2.24, 2.45) is 34.5 Å². The third kappa shape index (κ3) is 1.90. The highest BCUT2D eigenvalue weighted by atomic mass is 17.1. The Morgan fingerprint density at radius 1 is 1.05 bits per heavy atom. The molecule has 4 rings (SSSR count). The molecule has 116 valence electrons. The molecule has 0 saturated heterocycles. The Kier molecular flexibility index (Phi) is 3.70. The topological polar surface area (TPSA) is 29.5 Å². The first kappa shape index (κ1) is 14.8. The molecule has 2 nitrogen and oxygen atoms in total. The highest BCUT2D eigenvalue weighted by Crippen LogP contribution is 2.66. The van der Waals surface area contributed by atoms with E-state index in [0.29, 0.717) is 0 Å². The molecule has 0 aromatic heterocycles. The van der Waals surface area contributed by atoms with Crippen molar-refractivity contribution >= 4 is 0 Å². The number of hydrogen-bond acceptors (Lipinski definition) is 2. The molecule has 0 radical (unpaired) electrons. The molecule has 0 heterocycles. The predicted molar refractivity (Wildman–Crippen MR) is 81.3 cm³/mol. The fourth-order valence-corrected chi connectivity index (χ4v) is 6.41. The minimum atomic E-state index is -0.000000000000000666. The second kappa shape index (κ2) is 4.98. The zero-order chi connectivity index (χ0) is 14.5. The van der Waals surface area contributed by atoms with E-state index in [1.807, 2.05) is 0 Å². The lowest BCUT2D eigenvalue weighted by Crippen LogP contribution is -2.61. The Morgan fingerprint density at radius 2 is 1.55 bits per heavy atom. The van der Waals surface area contributed by atoms with Crippen molar-refractivity contribution in [3.05, 3.63) is 0 Å². The zero-order valence-corrected chi connectivity index (χ0v) is 13.7. The third-order valence-corrected chi connectivity index (χ3v) is 7.49. The molecule has 1 atom stereocenters. The Labute approximate surface area is 124 Å². The molecule has 0 aromatic carbocycles. The lowest BCUT2D eigenvalue weighted by atomic mass is 9.41. The van der Waals surface area contributed by atoms with Gasteiger partial charge in [0.1, 0.15) is 6.10 Å². The van der Waals surface area contributed by atoms with Crippen molar-refractivity contribution in [2.45, 2.75) is 78.7 Å². The van der Waals surface area contributed by atoms with Crippen LogP contribution in [0.15, 0.2) is 0 Å². The van der Waals surface area contributed by atoms with Crippen LogP contribution >= 0.6 is 0 Å². The van der Waals surface area contributed by atoms with Crippen molar-refractivity contribution in [3.63, 3.8) is 0 Å². The summed E-state index contributed by atoms with van der Waals surface area (Å²) in [6.07, 6.45) is 9.26. The fraction of sp³-hybridized carbons (Fsp3) is 1.00. The summed E-state index contributed by atoms with van der Waals surface area (Å²) in [5.41, 5.74) is 0.280. The molecule has 0 amide bonds. The van der Waals surface area contributed by atoms with Crippen LogP contribution in [0.5, 0.6) is 0 Å². The van der Waals surface area contributed by atoms with Gasteiger partial charge in [-0.05, 0) is 74.0 Å². The van der Waals surface area contributed by atoms with Gasteiger partial charge in [0, 0.05) is 5.41 Å². The summed E-state index contributed by atoms with van der Waals surface area (Å²) in [7, 11) is 0. The van der Waals surface area contributed by atoms with Crippen LogP contribution in [-0.4, -0.2) is 11.4 Å². The van der Waals surface area contributed by atoms with Crippen LogP contribution in [0.25, 0.3) is 0 Å². The van der Waals surface area contributed by atoms with E-state index in [9.17, 15) is 5.26 Å². The summed E-state index contributed by atoms with van der Waals surface area (Å²) in [6, 6.07) is 0. The van der Waals surface area contributed by atoms with Gasteiger partial charge in [0.15, 0.2) is 0 Å². The van der Waals surface area contributed by atoms with Gasteiger partial charge in [-0.25, -0.2) is 4.89 Å². The monoisotopic (exact) mass is 280 g/mol. The van der Waals surface area contributed by atoms with E-state index in [1.54, 1.807) is 0 Å². The van der Waals surface area contributed by atoms with Crippen molar-refractivity contribution < 1.29 is 10.1 Å². The zero-order valence-electron chi connectivity index (χ0n) is 13.7. The molecule has 1 unspecified atom stereocenters. The maximum Gasteiger partial charge on any atom is 0.104 e. The smallest absolute Gasteiger partial charge is 0.104 e. The maximum absolute atomic E-state index is 9.77. The quantitative estimate of drug-likeness (QED) is 0.558. The van der Waals surface area contributed by atoms with E-state index in [4.69, 9.17) is 4.89 Å². The lowest BCUT2D eigenvalue weighted by Gasteiger charge is -2.64. The Balaban J connectivity index is 1.98. The van der Waals surface area contributed by atoms with E-state index in [1.165, 1.54) is 32.1 Å². The second-order valence-electron chi connectivity index (χ2n) is 8.60. The molecule has 0 spiro atoms. The van der Waals surface area contributed by atoms with Crippen LogP contribution in [0.3, 0.4) is 0 Å².